The van der Waals surface area contributed by atoms with Crippen LogP contribution in [0.2, 0.25) is 0 Å². The molecule has 0 unspecified atom stereocenters. The van der Waals surface area contributed by atoms with E-state index in [-0.39, 0.29) is 5.69 Å². The lowest BCUT2D eigenvalue weighted by Crippen LogP contribution is -2.39. The number of aliphatic hydroxyl groups is 1. The molecule has 0 aliphatic heterocycles. The Morgan fingerprint density at radius 1 is 1.03 bits per heavy atom. The van der Waals surface area contributed by atoms with Crippen LogP contribution in [-0.4, -0.2) is 10.0 Å². The summed E-state index contributed by atoms with van der Waals surface area (Å²) in [6, 6.07) is 24.2. The highest BCUT2D eigenvalue weighted by Crippen LogP contribution is 2.28. The Kier molecular flexibility index (Phi) is 6.06. The van der Waals surface area contributed by atoms with Gasteiger partial charge in [-0.05, 0) is 36.8 Å². The molecule has 0 fully saturated rings. The van der Waals surface area contributed by atoms with Crippen molar-refractivity contribution in [3.8, 4) is 11.3 Å². The molecule has 0 aliphatic carbocycles. The van der Waals surface area contributed by atoms with E-state index in [0.717, 1.165) is 22.1 Å². The Labute approximate surface area is 184 Å². The lowest BCUT2D eigenvalue weighted by molar-refractivity contribution is -0.676. The second-order valence-corrected chi connectivity index (χ2v) is 8.12. The summed E-state index contributed by atoms with van der Waals surface area (Å²) in [7, 11) is 0. The molecular formula is C24H22N3O3S+. The third-order valence-electron chi connectivity index (χ3n) is 5.03. The topological polar surface area (TPSA) is 79.3 Å². The molecule has 0 bridgehead atoms. The molecule has 7 heteroatoms. The summed E-state index contributed by atoms with van der Waals surface area (Å²) in [5.74, 6) is 0. The predicted octanol–water partition coefficient (Wildman–Crippen LogP) is 5.40. The minimum absolute atomic E-state index is 0.00548. The number of nitro groups is 1. The van der Waals surface area contributed by atoms with Crippen molar-refractivity contribution in [1.82, 2.24) is 0 Å². The fourth-order valence-corrected chi connectivity index (χ4v) is 4.28. The van der Waals surface area contributed by atoms with Gasteiger partial charge >= 0.3 is 5.13 Å². The lowest BCUT2D eigenvalue weighted by atomic mass is 10.1. The van der Waals surface area contributed by atoms with E-state index in [0.29, 0.717) is 12.1 Å². The largest absolute Gasteiger partial charge is 0.384 e. The molecule has 156 valence electrons. The Morgan fingerprint density at radius 2 is 1.71 bits per heavy atom. The lowest BCUT2D eigenvalue weighted by Gasteiger charge is -2.12. The van der Waals surface area contributed by atoms with Gasteiger partial charge in [-0.3, -0.25) is 10.1 Å². The zero-order valence-electron chi connectivity index (χ0n) is 16.9. The first-order chi connectivity index (χ1) is 15.0. The number of non-ortho nitro benzene ring substituents is 1. The van der Waals surface area contributed by atoms with Crippen LogP contribution >= 0.6 is 11.3 Å². The average Bonchev–Trinajstić information content (AvgIpc) is 3.17. The van der Waals surface area contributed by atoms with Crippen LogP contribution in [0.3, 0.4) is 0 Å². The molecule has 6 nitrogen and oxygen atoms in total. The molecule has 0 saturated carbocycles. The number of nitrogens with one attached hydrogen (secondary N) is 1. The number of nitrogens with zero attached hydrogens (tertiary/aromatic N) is 2. The Morgan fingerprint density at radius 3 is 2.35 bits per heavy atom. The van der Waals surface area contributed by atoms with Crippen LogP contribution in [0.5, 0.6) is 0 Å². The molecule has 2 N–H and O–H groups in total. The Bertz CT molecular complexity index is 1170. The van der Waals surface area contributed by atoms with E-state index in [9.17, 15) is 15.2 Å². The van der Waals surface area contributed by atoms with Crippen molar-refractivity contribution in [2.24, 2.45) is 0 Å². The summed E-state index contributed by atoms with van der Waals surface area (Å²) in [5.41, 5.74) is 4.82. The highest BCUT2D eigenvalue weighted by molar-refractivity contribution is 7.13. The van der Waals surface area contributed by atoms with E-state index in [2.05, 4.69) is 39.5 Å². The predicted molar refractivity (Wildman–Crippen MR) is 122 cm³/mol. The number of aryl methyl sites for hydroxylation is 1. The normalized spacial score (nSPS) is 11.8. The molecule has 1 atom stereocenters. The number of hydrogen-bond acceptors (Lipinski definition) is 5. The first-order valence-electron chi connectivity index (χ1n) is 9.84. The fraction of sp³-hybridized carbons (Fsp3) is 0.125. The molecule has 0 aliphatic rings. The van der Waals surface area contributed by atoms with Crippen LogP contribution in [-0.2, 0) is 6.54 Å². The van der Waals surface area contributed by atoms with Gasteiger partial charge in [0.15, 0.2) is 0 Å². The second kappa shape index (κ2) is 9.07. The molecule has 3 aromatic carbocycles. The zero-order chi connectivity index (χ0) is 21.8. The SMILES string of the molecule is Cc1ccc(-c2csc(Nc3ccccc3)[n+]2C[C@H](O)c2ccc([N+](=O)[O-])cc2)cc1. The maximum absolute atomic E-state index is 10.9. The number of anilines is 2. The smallest absolute Gasteiger partial charge is 0.339 e. The molecule has 4 aromatic rings. The number of rotatable bonds is 7. The molecule has 0 saturated heterocycles. The average molecular weight is 433 g/mol. The second-order valence-electron chi connectivity index (χ2n) is 7.26. The fourth-order valence-electron chi connectivity index (χ4n) is 3.32. The number of aliphatic hydroxyl groups excluding tert-OH is 1. The van der Waals surface area contributed by atoms with E-state index in [1.54, 1.807) is 23.5 Å². The summed E-state index contributed by atoms with van der Waals surface area (Å²) in [5, 5.41) is 28.2. The highest BCUT2D eigenvalue weighted by atomic mass is 32.1. The number of hydrogen-bond donors (Lipinski definition) is 2. The minimum Gasteiger partial charge on any atom is -0.384 e. The number of aromatic nitrogens is 1. The van der Waals surface area contributed by atoms with Crippen LogP contribution < -0.4 is 9.88 Å². The van der Waals surface area contributed by atoms with Gasteiger partial charge in [-0.1, -0.05) is 59.4 Å². The summed E-state index contributed by atoms with van der Waals surface area (Å²) in [6.07, 6.45) is -0.819. The maximum Gasteiger partial charge on any atom is 0.339 e. The van der Waals surface area contributed by atoms with Crippen LogP contribution in [0.4, 0.5) is 16.5 Å². The van der Waals surface area contributed by atoms with Crippen LogP contribution in [0.15, 0.2) is 84.2 Å². The quantitative estimate of drug-likeness (QED) is 0.233. The minimum atomic E-state index is -0.819. The molecular weight excluding hydrogens is 410 g/mol. The van der Waals surface area contributed by atoms with Crippen LogP contribution in [0, 0.1) is 17.0 Å². The molecule has 1 heterocycles. The van der Waals surface area contributed by atoms with Gasteiger partial charge in [0.05, 0.1) is 4.92 Å². The molecule has 4 rings (SSSR count). The van der Waals surface area contributed by atoms with Crippen molar-refractivity contribution in [3.05, 3.63) is 105 Å². The van der Waals surface area contributed by atoms with Crippen LogP contribution in [0.25, 0.3) is 11.3 Å². The van der Waals surface area contributed by atoms with Gasteiger partial charge in [0.25, 0.3) is 5.69 Å². The van der Waals surface area contributed by atoms with Gasteiger partial charge in [0.2, 0.25) is 0 Å². The Balaban J connectivity index is 1.68. The third kappa shape index (κ3) is 4.79. The van der Waals surface area contributed by atoms with Crippen molar-refractivity contribution in [2.75, 3.05) is 5.32 Å². The van der Waals surface area contributed by atoms with Crippen LogP contribution in [0.1, 0.15) is 17.2 Å². The van der Waals surface area contributed by atoms with E-state index in [1.165, 1.54) is 17.7 Å². The summed E-state index contributed by atoms with van der Waals surface area (Å²) < 4.78 is 2.05. The molecule has 0 radical (unpaired) electrons. The number of nitro benzene ring substituents is 1. The molecule has 0 amide bonds. The van der Waals surface area contributed by atoms with Crippen molar-refractivity contribution in [2.45, 2.75) is 19.6 Å². The number of benzene rings is 3. The van der Waals surface area contributed by atoms with Crippen molar-refractivity contribution >= 4 is 27.8 Å². The first kappa shape index (κ1) is 20.7. The van der Waals surface area contributed by atoms with Gasteiger partial charge in [0.1, 0.15) is 24.0 Å². The first-order valence-corrected chi connectivity index (χ1v) is 10.7. The molecule has 1 aromatic heterocycles. The Hall–Kier alpha value is -3.55. The van der Waals surface area contributed by atoms with Gasteiger partial charge < -0.3 is 5.11 Å². The van der Waals surface area contributed by atoms with Gasteiger partial charge in [0, 0.05) is 23.1 Å². The zero-order valence-corrected chi connectivity index (χ0v) is 17.8. The molecule has 31 heavy (non-hydrogen) atoms. The molecule has 0 spiro atoms. The van der Waals surface area contributed by atoms with Gasteiger partial charge in [-0.15, -0.1) is 0 Å². The summed E-state index contributed by atoms with van der Waals surface area (Å²) >= 11 is 1.57. The number of thiazole rings is 1. The van der Waals surface area contributed by atoms with Gasteiger partial charge in [-0.2, -0.15) is 0 Å². The van der Waals surface area contributed by atoms with Gasteiger partial charge in [-0.25, -0.2) is 9.88 Å². The number of para-hydroxylation sites is 1. The van der Waals surface area contributed by atoms with E-state index >= 15 is 0 Å². The highest BCUT2D eigenvalue weighted by Gasteiger charge is 2.23. The van der Waals surface area contributed by atoms with E-state index in [4.69, 9.17) is 0 Å². The van der Waals surface area contributed by atoms with E-state index < -0.39 is 11.0 Å². The monoisotopic (exact) mass is 432 g/mol. The van der Waals surface area contributed by atoms with Crippen molar-refractivity contribution < 1.29 is 14.6 Å². The maximum atomic E-state index is 10.9. The summed E-state index contributed by atoms with van der Waals surface area (Å²) in [6.45, 7) is 2.35. The van der Waals surface area contributed by atoms with Crippen molar-refractivity contribution in [3.63, 3.8) is 0 Å². The third-order valence-corrected chi connectivity index (χ3v) is 5.92. The standard InChI is InChI=1S/C24H21N3O3S/c1-17-7-9-18(10-8-17)22-16-31-24(25-20-5-3-2-4-6-20)26(22)15-23(28)19-11-13-21(14-12-19)27(29)30/h2-14,16,23,28H,15H2,1H3/p+1/t23-/m0/s1. The summed E-state index contributed by atoms with van der Waals surface area (Å²) in [4.78, 5) is 10.5. The van der Waals surface area contributed by atoms with Crippen molar-refractivity contribution in [1.29, 1.82) is 0 Å². The van der Waals surface area contributed by atoms with E-state index in [1.807, 2.05) is 37.3 Å².